The zero-order chi connectivity index (χ0) is 6.69. The Balaban J connectivity index is 0.000000810. The zero-order valence-electron chi connectivity index (χ0n) is 6.04. The van der Waals surface area contributed by atoms with E-state index >= 15 is 0 Å². The van der Waals surface area contributed by atoms with Crippen LogP contribution in [0.25, 0.3) is 6.08 Å². The van der Waals surface area contributed by atoms with Crippen LogP contribution in [0.2, 0.25) is 0 Å². The minimum Gasteiger partial charge on any atom is -0.508 e. The summed E-state index contributed by atoms with van der Waals surface area (Å²) in [4.78, 5) is 0. The summed E-state index contributed by atoms with van der Waals surface area (Å²) >= 11 is 0. The van der Waals surface area contributed by atoms with Crippen molar-refractivity contribution in [3.63, 3.8) is 0 Å². The van der Waals surface area contributed by atoms with Gasteiger partial charge in [-0.05, 0) is 17.7 Å². The molecule has 0 aliphatic rings. The molecule has 1 radical (unpaired) electrons. The number of phenols is 1. The van der Waals surface area contributed by atoms with Crippen molar-refractivity contribution < 1.29 is 5.11 Å². The summed E-state index contributed by atoms with van der Waals surface area (Å²) in [6, 6.07) is 6.89. The molecule has 1 aromatic rings. The van der Waals surface area contributed by atoms with Crippen molar-refractivity contribution in [3.05, 3.63) is 36.4 Å². The van der Waals surface area contributed by atoms with E-state index in [-0.39, 0.29) is 51.4 Å². The van der Waals surface area contributed by atoms with Crippen LogP contribution in [0.5, 0.6) is 5.75 Å². The maximum atomic E-state index is 8.82. The second-order valence-electron chi connectivity index (χ2n) is 1.80. The summed E-state index contributed by atoms with van der Waals surface area (Å²) in [7, 11) is 0. The molecule has 0 saturated carbocycles. The molecule has 1 N–H and O–H groups in total. The summed E-state index contributed by atoms with van der Waals surface area (Å²) < 4.78 is 0. The summed E-state index contributed by atoms with van der Waals surface area (Å²) in [5.41, 5.74) is 1.02. The van der Waals surface area contributed by atoms with Crippen LogP contribution in [0.3, 0.4) is 0 Å². The summed E-state index contributed by atoms with van der Waals surface area (Å²) in [6.07, 6.45) is 1.74. The average molecular weight is 159 g/mol. The molecule has 0 aliphatic carbocycles. The van der Waals surface area contributed by atoms with Crippen LogP contribution < -0.4 is 0 Å². The molecule has 1 nitrogen and oxygen atoms in total. The van der Waals surface area contributed by atoms with Crippen molar-refractivity contribution in [2.24, 2.45) is 0 Å². The van der Waals surface area contributed by atoms with Gasteiger partial charge in [0.1, 0.15) is 5.75 Å². The Kier molecular flexibility index (Phi) is 5.30. The Morgan fingerprint density at radius 2 is 1.70 bits per heavy atom. The predicted octanol–water partition coefficient (Wildman–Crippen LogP) is 1.65. The van der Waals surface area contributed by atoms with Gasteiger partial charge in [0.25, 0.3) is 0 Å². The minimum atomic E-state index is 0. The molecule has 0 unspecified atom stereocenters. The average Bonchev–Trinajstić information content (AvgIpc) is 1.90. The maximum absolute atomic E-state index is 8.82. The normalized spacial score (nSPS) is 8.00. The van der Waals surface area contributed by atoms with Crippen LogP contribution in [0.1, 0.15) is 5.56 Å². The molecule has 0 saturated heterocycles. The molecular formula is C8H8KO. The fourth-order valence-corrected chi connectivity index (χ4v) is 0.610. The molecule has 2 heteroatoms. The Labute approximate surface area is 103 Å². The summed E-state index contributed by atoms with van der Waals surface area (Å²) in [6.45, 7) is 3.58. The smallest absolute Gasteiger partial charge is 0.115 e. The zero-order valence-corrected chi connectivity index (χ0v) is 9.16. The van der Waals surface area contributed by atoms with Gasteiger partial charge in [-0.15, -0.1) is 0 Å². The van der Waals surface area contributed by atoms with Crippen LogP contribution in [0.4, 0.5) is 0 Å². The van der Waals surface area contributed by atoms with Gasteiger partial charge in [-0.25, -0.2) is 0 Å². The summed E-state index contributed by atoms with van der Waals surface area (Å²) in [5, 5.41) is 8.82. The van der Waals surface area contributed by atoms with Crippen molar-refractivity contribution in [2.75, 3.05) is 0 Å². The first-order chi connectivity index (χ1) is 4.33. The standard InChI is InChI=1S/C8H8O.K/c1-2-7-3-5-8(9)6-4-7;/h2-6,9H,1H2;. The van der Waals surface area contributed by atoms with E-state index in [1.807, 2.05) is 12.1 Å². The Bertz CT molecular complexity index is 203. The first-order valence-electron chi connectivity index (χ1n) is 2.74. The van der Waals surface area contributed by atoms with Gasteiger partial charge in [0, 0.05) is 51.4 Å². The fourth-order valence-electron chi connectivity index (χ4n) is 0.610. The number of phenolic OH excluding ortho intramolecular Hbond substituents is 1. The van der Waals surface area contributed by atoms with Gasteiger partial charge in [0.15, 0.2) is 0 Å². The van der Waals surface area contributed by atoms with E-state index in [0.717, 1.165) is 5.56 Å². The molecule has 1 aromatic carbocycles. The number of hydrogen-bond acceptors (Lipinski definition) is 1. The molecular weight excluding hydrogens is 151 g/mol. The van der Waals surface area contributed by atoms with Crippen LogP contribution in [0, 0.1) is 0 Å². The molecule has 0 aliphatic heterocycles. The first-order valence-corrected chi connectivity index (χ1v) is 2.74. The monoisotopic (exact) mass is 159 g/mol. The molecule has 0 amide bonds. The van der Waals surface area contributed by atoms with Gasteiger partial charge in [-0.1, -0.05) is 24.8 Å². The molecule has 0 spiro atoms. The van der Waals surface area contributed by atoms with Gasteiger partial charge in [-0.3, -0.25) is 0 Å². The van der Waals surface area contributed by atoms with Gasteiger partial charge < -0.3 is 5.11 Å². The Hall–Kier alpha value is 0.396. The third-order valence-electron chi connectivity index (χ3n) is 1.13. The molecule has 0 fully saturated rings. The van der Waals surface area contributed by atoms with E-state index in [9.17, 15) is 0 Å². The predicted molar refractivity (Wildman–Crippen MR) is 44.0 cm³/mol. The van der Waals surface area contributed by atoms with Crippen molar-refractivity contribution in [2.45, 2.75) is 0 Å². The van der Waals surface area contributed by atoms with E-state index in [0.29, 0.717) is 5.75 Å². The van der Waals surface area contributed by atoms with Gasteiger partial charge in [0.05, 0.1) is 0 Å². The number of rotatable bonds is 1. The van der Waals surface area contributed by atoms with Crippen LogP contribution in [-0.2, 0) is 0 Å². The van der Waals surface area contributed by atoms with Crippen LogP contribution >= 0.6 is 0 Å². The molecule has 0 atom stereocenters. The maximum Gasteiger partial charge on any atom is 0.115 e. The molecule has 10 heavy (non-hydrogen) atoms. The van der Waals surface area contributed by atoms with E-state index in [1.54, 1.807) is 18.2 Å². The number of benzene rings is 1. The number of aromatic hydroxyl groups is 1. The SMILES string of the molecule is C=Cc1ccc(O)cc1.[K]. The van der Waals surface area contributed by atoms with Crippen molar-refractivity contribution in [1.29, 1.82) is 0 Å². The van der Waals surface area contributed by atoms with Crippen molar-refractivity contribution >= 4 is 57.5 Å². The quantitative estimate of drug-likeness (QED) is 0.618. The summed E-state index contributed by atoms with van der Waals surface area (Å²) in [5.74, 6) is 0.292. The second kappa shape index (κ2) is 5.10. The topological polar surface area (TPSA) is 20.2 Å². The van der Waals surface area contributed by atoms with E-state index < -0.39 is 0 Å². The molecule has 0 heterocycles. The Morgan fingerprint density at radius 3 is 2.10 bits per heavy atom. The van der Waals surface area contributed by atoms with E-state index in [4.69, 9.17) is 5.11 Å². The second-order valence-corrected chi connectivity index (χ2v) is 1.80. The van der Waals surface area contributed by atoms with Crippen LogP contribution in [0.15, 0.2) is 30.8 Å². The molecule has 0 aromatic heterocycles. The Morgan fingerprint density at radius 1 is 1.20 bits per heavy atom. The third-order valence-corrected chi connectivity index (χ3v) is 1.13. The van der Waals surface area contributed by atoms with Gasteiger partial charge in [0.2, 0.25) is 0 Å². The first kappa shape index (κ1) is 10.4. The molecule has 47 valence electrons. The van der Waals surface area contributed by atoms with Crippen molar-refractivity contribution in [3.8, 4) is 5.75 Å². The van der Waals surface area contributed by atoms with Gasteiger partial charge >= 0.3 is 0 Å². The van der Waals surface area contributed by atoms with Gasteiger partial charge in [-0.2, -0.15) is 0 Å². The number of hydrogen-bond donors (Lipinski definition) is 1. The molecule has 0 bridgehead atoms. The van der Waals surface area contributed by atoms with E-state index in [2.05, 4.69) is 6.58 Å². The van der Waals surface area contributed by atoms with E-state index in [1.165, 1.54) is 0 Å². The minimum absolute atomic E-state index is 0. The van der Waals surface area contributed by atoms with Crippen molar-refractivity contribution in [1.82, 2.24) is 0 Å². The fraction of sp³-hybridized carbons (Fsp3) is 0. The largest absolute Gasteiger partial charge is 0.508 e. The van der Waals surface area contributed by atoms with Crippen LogP contribution in [-0.4, -0.2) is 56.5 Å². The molecule has 1 rings (SSSR count). The third kappa shape index (κ3) is 2.99.